The van der Waals surface area contributed by atoms with Crippen LogP contribution in [0.4, 0.5) is 11.6 Å². The first-order valence-corrected chi connectivity index (χ1v) is 8.93. The summed E-state index contributed by atoms with van der Waals surface area (Å²) in [6, 6.07) is 8.20. The molecule has 1 aliphatic rings. The van der Waals surface area contributed by atoms with Crippen molar-refractivity contribution in [2.45, 2.75) is 18.8 Å². The first-order chi connectivity index (χ1) is 13.3. The molecule has 3 N–H and O–H groups in total. The van der Waals surface area contributed by atoms with Gasteiger partial charge in [0.25, 0.3) is 0 Å². The van der Waals surface area contributed by atoms with E-state index in [0.29, 0.717) is 11.7 Å². The van der Waals surface area contributed by atoms with Crippen molar-refractivity contribution in [1.29, 1.82) is 0 Å². The molecule has 1 aromatic carbocycles. The third kappa shape index (κ3) is 2.45. The van der Waals surface area contributed by atoms with Crippen LogP contribution in [0.2, 0.25) is 0 Å². The summed E-state index contributed by atoms with van der Waals surface area (Å²) >= 11 is 0. The molecule has 4 aromatic heterocycles. The van der Waals surface area contributed by atoms with Crippen molar-refractivity contribution < 1.29 is 0 Å². The van der Waals surface area contributed by atoms with Crippen LogP contribution in [-0.2, 0) is 0 Å². The number of nitrogens with zero attached hydrogens (tertiary/aromatic N) is 5. The van der Waals surface area contributed by atoms with Gasteiger partial charge in [0.2, 0.25) is 0 Å². The van der Waals surface area contributed by atoms with Gasteiger partial charge in [0.05, 0.1) is 23.1 Å². The zero-order valence-electron chi connectivity index (χ0n) is 14.3. The predicted octanol–water partition coefficient (Wildman–Crippen LogP) is 3.62. The Morgan fingerprint density at radius 3 is 3.04 bits per heavy atom. The number of imidazole rings is 1. The lowest BCUT2D eigenvalue weighted by Gasteiger charge is -2.08. The average Bonchev–Trinajstić information content (AvgIpc) is 3.10. The monoisotopic (exact) mass is 356 g/mol. The van der Waals surface area contributed by atoms with Gasteiger partial charge in [-0.2, -0.15) is 10.2 Å². The summed E-state index contributed by atoms with van der Waals surface area (Å²) in [5, 5.41) is 19.0. The van der Waals surface area contributed by atoms with Crippen molar-refractivity contribution in [3.63, 3.8) is 0 Å². The van der Waals surface area contributed by atoms with Crippen LogP contribution in [0.1, 0.15) is 24.5 Å². The summed E-state index contributed by atoms with van der Waals surface area (Å²) in [4.78, 5) is 9.26. The first-order valence-electron chi connectivity index (χ1n) is 8.93. The molecule has 5 aromatic rings. The topological polar surface area (TPSA) is 99.6 Å². The number of fused-ring (bicyclic) bond motifs is 2. The van der Waals surface area contributed by atoms with Gasteiger partial charge in [-0.3, -0.25) is 10.2 Å². The quantitative estimate of drug-likeness (QED) is 0.457. The maximum atomic E-state index is 4.82. The molecule has 27 heavy (non-hydrogen) atoms. The molecule has 8 heteroatoms. The lowest BCUT2D eigenvalue weighted by Crippen LogP contribution is -2.00. The zero-order valence-corrected chi connectivity index (χ0v) is 14.3. The number of H-pyrrole nitrogens is 2. The van der Waals surface area contributed by atoms with E-state index < -0.39 is 0 Å². The third-order valence-electron chi connectivity index (χ3n) is 4.96. The van der Waals surface area contributed by atoms with Crippen LogP contribution in [0.5, 0.6) is 0 Å². The Hall–Kier alpha value is -3.68. The Morgan fingerprint density at radius 1 is 1.15 bits per heavy atom. The number of anilines is 2. The van der Waals surface area contributed by atoms with E-state index in [0.717, 1.165) is 39.3 Å². The third-order valence-corrected chi connectivity index (χ3v) is 4.96. The maximum absolute atomic E-state index is 4.82. The minimum Gasteiger partial charge on any atom is -0.322 e. The molecular weight excluding hydrogens is 340 g/mol. The van der Waals surface area contributed by atoms with Gasteiger partial charge in [-0.05, 0) is 18.9 Å². The molecule has 4 heterocycles. The lowest BCUT2D eigenvalue weighted by molar-refractivity contribution is 0.966. The van der Waals surface area contributed by atoms with Crippen LogP contribution in [-0.4, -0.2) is 34.8 Å². The molecule has 0 spiro atoms. The molecule has 0 saturated heterocycles. The Morgan fingerprint density at radius 2 is 2.11 bits per heavy atom. The van der Waals surface area contributed by atoms with E-state index in [1.165, 1.54) is 12.8 Å². The number of hydrogen-bond donors (Lipinski definition) is 3. The summed E-state index contributed by atoms with van der Waals surface area (Å²) in [6.07, 6.45) is 9.93. The van der Waals surface area contributed by atoms with Crippen LogP contribution in [0, 0.1) is 0 Å². The zero-order chi connectivity index (χ0) is 17.8. The van der Waals surface area contributed by atoms with Crippen LogP contribution in [0.15, 0.2) is 49.1 Å². The Bertz CT molecular complexity index is 1270. The van der Waals surface area contributed by atoms with Gasteiger partial charge in [0, 0.05) is 41.5 Å². The molecule has 1 saturated carbocycles. The minimum absolute atomic E-state index is 0.601. The highest BCUT2D eigenvalue weighted by Gasteiger charge is 2.26. The number of rotatable bonds is 4. The summed E-state index contributed by atoms with van der Waals surface area (Å²) in [6.45, 7) is 0. The number of aromatic amines is 2. The average molecular weight is 356 g/mol. The van der Waals surface area contributed by atoms with Crippen molar-refractivity contribution >= 4 is 28.2 Å². The predicted molar refractivity (Wildman–Crippen MR) is 102 cm³/mol. The van der Waals surface area contributed by atoms with Crippen molar-refractivity contribution in [1.82, 2.24) is 34.8 Å². The molecule has 0 amide bonds. The summed E-state index contributed by atoms with van der Waals surface area (Å²) in [7, 11) is 0. The van der Waals surface area contributed by atoms with E-state index in [1.54, 1.807) is 6.20 Å². The molecular formula is C19H16N8. The lowest BCUT2D eigenvalue weighted by atomic mass is 10.1. The molecule has 1 aliphatic carbocycles. The van der Waals surface area contributed by atoms with Gasteiger partial charge >= 0.3 is 0 Å². The highest BCUT2D eigenvalue weighted by atomic mass is 15.2. The van der Waals surface area contributed by atoms with Gasteiger partial charge in [-0.25, -0.2) is 9.97 Å². The van der Waals surface area contributed by atoms with E-state index >= 15 is 0 Å². The van der Waals surface area contributed by atoms with Gasteiger partial charge in [-0.1, -0.05) is 12.1 Å². The van der Waals surface area contributed by atoms with Gasteiger partial charge < -0.3 is 9.72 Å². The maximum Gasteiger partial charge on any atom is 0.180 e. The molecule has 0 bridgehead atoms. The van der Waals surface area contributed by atoms with Crippen LogP contribution >= 0.6 is 0 Å². The van der Waals surface area contributed by atoms with Crippen LogP contribution in [0.3, 0.4) is 0 Å². The molecule has 0 unspecified atom stereocenters. The molecule has 8 nitrogen and oxygen atoms in total. The van der Waals surface area contributed by atoms with E-state index in [9.17, 15) is 0 Å². The van der Waals surface area contributed by atoms with Crippen molar-refractivity contribution in [2.24, 2.45) is 0 Å². The minimum atomic E-state index is 0.601. The second-order valence-electron chi connectivity index (χ2n) is 6.91. The Labute approximate surface area is 153 Å². The highest BCUT2D eigenvalue weighted by molar-refractivity contribution is 5.83. The second kappa shape index (κ2) is 5.41. The summed E-state index contributed by atoms with van der Waals surface area (Å²) in [5.74, 6) is 2.12. The highest BCUT2D eigenvalue weighted by Crippen LogP contribution is 2.39. The summed E-state index contributed by atoms with van der Waals surface area (Å²) in [5.41, 5.74) is 4.72. The van der Waals surface area contributed by atoms with Crippen molar-refractivity contribution in [2.75, 3.05) is 5.32 Å². The smallest absolute Gasteiger partial charge is 0.180 e. The van der Waals surface area contributed by atoms with Crippen molar-refractivity contribution in [3.05, 3.63) is 54.7 Å². The Balaban J connectivity index is 1.44. The fraction of sp³-hybridized carbons (Fsp3) is 0.158. The number of benzene rings is 1. The van der Waals surface area contributed by atoms with E-state index in [-0.39, 0.29) is 0 Å². The number of nitrogens with one attached hydrogen (secondary N) is 3. The molecule has 0 radical (unpaired) electrons. The van der Waals surface area contributed by atoms with E-state index in [4.69, 9.17) is 4.98 Å². The normalized spacial score (nSPS) is 14.2. The largest absolute Gasteiger partial charge is 0.322 e. The summed E-state index contributed by atoms with van der Waals surface area (Å²) < 4.78 is 1.97. The number of aromatic nitrogens is 7. The van der Waals surface area contributed by atoms with Gasteiger partial charge in [0.15, 0.2) is 11.5 Å². The van der Waals surface area contributed by atoms with Crippen LogP contribution in [0.25, 0.3) is 27.8 Å². The van der Waals surface area contributed by atoms with Gasteiger partial charge in [0.1, 0.15) is 5.82 Å². The fourth-order valence-electron chi connectivity index (χ4n) is 3.37. The standard InChI is InChI=1S/C19H16N8/c1-2-11(1)15-8-17(26-25-15)23-18-19-20-5-6-27(19)10-16(22-18)12-3-4-13-9-21-24-14(13)7-12/h3-11H,1-2H2,(H,21,24)(H2,22,23,25,26). The number of hydrogen-bond acceptors (Lipinski definition) is 5. The van der Waals surface area contributed by atoms with E-state index in [2.05, 4.69) is 42.8 Å². The second-order valence-corrected chi connectivity index (χ2v) is 6.91. The molecule has 132 valence electrons. The van der Waals surface area contributed by atoms with Crippen molar-refractivity contribution in [3.8, 4) is 11.3 Å². The first kappa shape index (κ1) is 14.5. The van der Waals surface area contributed by atoms with E-state index in [1.807, 2.05) is 35.1 Å². The molecule has 6 rings (SSSR count). The molecule has 0 atom stereocenters. The molecule has 1 fully saturated rings. The van der Waals surface area contributed by atoms with Crippen LogP contribution < -0.4 is 5.32 Å². The van der Waals surface area contributed by atoms with Gasteiger partial charge in [-0.15, -0.1) is 0 Å². The molecule has 0 aliphatic heterocycles. The SMILES string of the molecule is c1cn2cc(-c3ccc4cn[nH]c4c3)nc(Nc3cc(C4CC4)n[nH]3)c2n1. The fourth-order valence-corrected chi connectivity index (χ4v) is 3.37. The Kier molecular flexibility index (Phi) is 2.90.